The molecular weight excluding hydrogens is 240 g/mol. The minimum atomic E-state index is 0.924. The summed E-state index contributed by atoms with van der Waals surface area (Å²) in [4.78, 5) is 7.21. The van der Waals surface area contributed by atoms with Crippen molar-refractivity contribution in [2.24, 2.45) is 0 Å². The first kappa shape index (κ1) is 9.46. The van der Waals surface area contributed by atoms with Gasteiger partial charge in [-0.2, -0.15) is 0 Å². The Kier molecular flexibility index (Phi) is 2.99. The highest BCUT2D eigenvalue weighted by Gasteiger charge is 2.01. The van der Waals surface area contributed by atoms with Crippen molar-refractivity contribution in [1.29, 1.82) is 0 Å². The maximum atomic E-state index is 4.09. The summed E-state index contributed by atoms with van der Waals surface area (Å²) < 4.78 is 0.924. The van der Waals surface area contributed by atoms with Crippen LogP contribution in [0.4, 0.5) is 0 Å². The summed E-state index contributed by atoms with van der Waals surface area (Å²) in [6.07, 6.45) is 3.75. The lowest BCUT2D eigenvalue weighted by Crippen LogP contribution is -1.91. The molecular formula is C11H11BrN2. The number of benzene rings is 1. The molecule has 2 nitrogen and oxygen atoms in total. The predicted molar refractivity (Wildman–Crippen MR) is 60.1 cm³/mol. The molecule has 2 aromatic rings. The Hall–Kier alpha value is -1.09. The van der Waals surface area contributed by atoms with Gasteiger partial charge in [-0.05, 0) is 34.3 Å². The number of halogens is 1. The lowest BCUT2D eigenvalue weighted by atomic mass is 10.1. The Morgan fingerprint density at radius 1 is 1.14 bits per heavy atom. The first-order chi connectivity index (χ1) is 6.86. The summed E-state index contributed by atoms with van der Waals surface area (Å²) >= 11 is 3.40. The Labute approximate surface area is 91.5 Å². The van der Waals surface area contributed by atoms with Crippen LogP contribution in [0.5, 0.6) is 0 Å². The summed E-state index contributed by atoms with van der Waals surface area (Å²) in [5.74, 6) is 0. The van der Waals surface area contributed by atoms with E-state index in [1.807, 2.05) is 6.07 Å². The summed E-state index contributed by atoms with van der Waals surface area (Å²) in [5, 5.41) is 0. The van der Waals surface area contributed by atoms with Gasteiger partial charge in [0.15, 0.2) is 0 Å². The maximum absolute atomic E-state index is 4.09. The van der Waals surface area contributed by atoms with Crippen LogP contribution >= 0.6 is 15.9 Å². The second kappa shape index (κ2) is 4.42. The van der Waals surface area contributed by atoms with E-state index in [1.165, 1.54) is 5.56 Å². The van der Waals surface area contributed by atoms with E-state index in [-0.39, 0.29) is 0 Å². The molecule has 1 aromatic carbocycles. The number of imidazole rings is 1. The van der Waals surface area contributed by atoms with Gasteiger partial charge in [-0.1, -0.05) is 30.3 Å². The molecule has 0 atom stereocenters. The van der Waals surface area contributed by atoms with Gasteiger partial charge in [0.2, 0.25) is 0 Å². The zero-order valence-electron chi connectivity index (χ0n) is 7.70. The van der Waals surface area contributed by atoms with Gasteiger partial charge in [0.1, 0.15) is 4.60 Å². The minimum absolute atomic E-state index is 0.924. The van der Waals surface area contributed by atoms with Crippen LogP contribution in [-0.4, -0.2) is 9.97 Å². The van der Waals surface area contributed by atoms with E-state index < -0.39 is 0 Å². The molecule has 0 spiro atoms. The monoisotopic (exact) mass is 250 g/mol. The molecule has 0 aliphatic rings. The number of rotatable bonds is 3. The maximum Gasteiger partial charge on any atom is 0.127 e. The molecule has 14 heavy (non-hydrogen) atoms. The first-order valence-corrected chi connectivity index (χ1v) is 5.37. The van der Waals surface area contributed by atoms with Crippen molar-refractivity contribution in [2.45, 2.75) is 12.8 Å². The fraction of sp³-hybridized carbons (Fsp3) is 0.182. The summed E-state index contributed by atoms with van der Waals surface area (Å²) in [5.41, 5.74) is 2.52. The minimum Gasteiger partial charge on any atom is -0.348 e. The molecule has 72 valence electrons. The normalized spacial score (nSPS) is 10.4. The van der Waals surface area contributed by atoms with Crippen LogP contribution in [-0.2, 0) is 12.8 Å². The highest BCUT2D eigenvalue weighted by atomic mass is 79.9. The third-order valence-electron chi connectivity index (χ3n) is 2.17. The average Bonchev–Trinajstić information content (AvgIpc) is 2.63. The average molecular weight is 251 g/mol. The van der Waals surface area contributed by atoms with E-state index >= 15 is 0 Å². The van der Waals surface area contributed by atoms with E-state index in [0.717, 1.165) is 23.1 Å². The van der Waals surface area contributed by atoms with Crippen LogP contribution in [0.15, 0.2) is 41.3 Å². The number of aryl methyl sites for hydroxylation is 2. The van der Waals surface area contributed by atoms with Crippen molar-refractivity contribution in [3.8, 4) is 0 Å². The van der Waals surface area contributed by atoms with E-state index in [1.54, 1.807) is 6.33 Å². The van der Waals surface area contributed by atoms with Gasteiger partial charge >= 0.3 is 0 Å². The van der Waals surface area contributed by atoms with Crippen molar-refractivity contribution in [1.82, 2.24) is 9.97 Å². The number of nitrogens with one attached hydrogen (secondary N) is 1. The molecule has 1 aromatic heterocycles. The van der Waals surface area contributed by atoms with Crippen LogP contribution < -0.4 is 0 Å². The SMILES string of the molecule is Brc1nc[nH]c1CCc1ccccc1. The number of aromatic amines is 1. The Balaban J connectivity index is 1.99. The number of hydrogen-bond acceptors (Lipinski definition) is 1. The Morgan fingerprint density at radius 2 is 1.93 bits per heavy atom. The molecule has 3 heteroatoms. The lowest BCUT2D eigenvalue weighted by Gasteiger charge is -1.99. The van der Waals surface area contributed by atoms with Crippen LogP contribution in [0.25, 0.3) is 0 Å². The smallest absolute Gasteiger partial charge is 0.127 e. The van der Waals surface area contributed by atoms with Gasteiger partial charge in [-0.3, -0.25) is 0 Å². The zero-order chi connectivity index (χ0) is 9.80. The molecule has 0 saturated carbocycles. The van der Waals surface area contributed by atoms with Crippen LogP contribution in [0, 0.1) is 0 Å². The van der Waals surface area contributed by atoms with Crippen molar-refractivity contribution < 1.29 is 0 Å². The van der Waals surface area contributed by atoms with Crippen LogP contribution in [0.1, 0.15) is 11.3 Å². The van der Waals surface area contributed by atoms with E-state index in [4.69, 9.17) is 0 Å². The quantitative estimate of drug-likeness (QED) is 0.892. The van der Waals surface area contributed by atoms with Crippen molar-refractivity contribution in [2.75, 3.05) is 0 Å². The molecule has 0 aliphatic carbocycles. The number of nitrogens with zero attached hydrogens (tertiary/aromatic N) is 1. The van der Waals surface area contributed by atoms with Gasteiger partial charge in [-0.25, -0.2) is 4.98 Å². The highest BCUT2D eigenvalue weighted by molar-refractivity contribution is 9.10. The Bertz CT molecular complexity index is 395. The standard InChI is InChI=1S/C11H11BrN2/c12-11-10(13-8-14-11)7-6-9-4-2-1-3-5-9/h1-5,8H,6-7H2,(H,13,14). The van der Waals surface area contributed by atoms with Crippen LogP contribution in [0.2, 0.25) is 0 Å². The van der Waals surface area contributed by atoms with Gasteiger partial charge < -0.3 is 4.98 Å². The van der Waals surface area contributed by atoms with Gasteiger partial charge in [0.05, 0.1) is 6.33 Å². The molecule has 0 bridgehead atoms. The molecule has 0 radical (unpaired) electrons. The largest absolute Gasteiger partial charge is 0.348 e. The van der Waals surface area contributed by atoms with Gasteiger partial charge in [0, 0.05) is 5.69 Å². The topological polar surface area (TPSA) is 28.7 Å². The number of H-pyrrole nitrogens is 1. The third-order valence-corrected chi connectivity index (χ3v) is 2.86. The summed E-state index contributed by atoms with van der Waals surface area (Å²) in [6, 6.07) is 10.5. The lowest BCUT2D eigenvalue weighted by molar-refractivity contribution is 0.919. The molecule has 1 N–H and O–H groups in total. The van der Waals surface area contributed by atoms with Gasteiger partial charge in [-0.15, -0.1) is 0 Å². The molecule has 1 heterocycles. The fourth-order valence-electron chi connectivity index (χ4n) is 1.39. The molecule has 0 amide bonds. The summed E-state index contributed by atoms with van der Waals surface area (Å²) in [7, 11) is 0. The molecule has 0 unspecified atom stereocenters. The molecule has 0 saturated heterocycles. The second-order valence-corrected chi connectivity index (χ2v) is 3.91. The fourth-order valence-corrected chi connectivity index (χ4v) is 1.81. The predicted octanol–water partition coefficient (Wildman–Crippen LogP) is 2.96. The van der Waals surface area contributed by atoms with E-state index in [2.05, 4.69) is 50.2 Å². The van der Waals surface area contributed by atoms with E-state index in [0.29, 0.717) is 0 Å². The van der Waals surface area contributed by atoms with Crippen molar-refractivity contribution in [3.05, 3.63) is 52.5 Å². The third kappa shape index (κ3) is 2.23. The van der Waals surface area contributed by atoms with Gasteiger partial charge in [0.25, 0.3) is 0 Å². The molecule has 2 rings (SSSR count). The highest BCUT2D eigenvalue weighted by Crippen LogP contribution is 2.13. The van der Waals surface area contributed by atoms with E-state index in [9.17, 15) is 0 Å². The van der Waals surface area contributed by atoms with Crippen LogP contribution in [0.3, 0.4) is 0 Å². The van der Waals surface area contributed by atoms with Crippen molar-refractivity contribution >= 4 is 15.9 Å². The summed E-state index contributed by atoms with van der Waals surface area (Å²) in [6.45, 7) is 0. The number of hydrogen-bond donors (Lipinski definition) is 1. The molecule has 0 fully saturated rings. The van der Waals surface area contributed by atoms with Crippen molar-refractivity contribution in [3.63, 3.8) is 0 Å². The second-order valence-electron chi connectivity index (χ2n) is 3.16. The number of aromatic nitrogens is 2. The first-order valence-electron chi connectivity index (χ1n) is 4.58. The Morgan fingerprint density at radius 3 is 2.57 bits per heavy atom. The zero-order valence-corrected chi connectivity index (χ0v) is 9.29. The molecule has 0 aliphatic heterocycles.